The number of ether oxygens (including phenoxy) is 3. The number of fused-ring (bicyclic) bond motifs is 1. The number of benzene rings is 1. The van der Waals surface area contributed by atoms with Crippen molar-refractivity contribution in [3.8, 4) is 0 Å². The molecular formula is C17H19NO6. The van der Waals surface area contributed by atoms with E-state index in [1.54, 1.807) is 25.1 Å². The van der Waals surface area contributed by atoms with Gasteiger partial charge in [-0.15, -0.1) is 0 Å². The Morgan fingerprint density at radius 3 is 2.50 bits per heavy atom. The zero-order valence-corrected chi connectivity index (χ0v) is 13.8. The van der Waals surface area contributed by atoms with Crippen LogP contribution in [0, 0.1) is 12.8 Å². The van der Waals surface area contributed by atoms with Crippen LogP contribution in [0.15, 0.2) is 18.2 Å². The van der Waals surface area contributed by atoms with Crippen molar-refractivity contribution in [1.82, 2.24) is 4.90 Å². The van der Waals surface area contributed by atoms with Crippen molar-refractivity contribution in [3.63, 3.8) is 0 Å². The summed E-state index contributed by atoms with van der Waals surface area (Å²) in [6, 6.07) is 5.07. The zero-order chi connectivity index (χ0) is 17.5. The Hall–Kier alpha value is -2.25. The quantitative estimate of drug-likeness (QED) is 0.607. The van der Waals surface area contributed by atoms with Crippen LogP contribution in [0.5, 0.6) is 0 Å². The topological polar surface area (TPSA) is 82.1 Å². The third-order valence-corrected chi connectivity index (χ3v) is 4.47. The van der Waals surface area contributed by atoms with Gasteiger partial charge in [-0.05, 0) is 26.0 Å². The lowest BCUT2D eigenvalue weighted by Crippen LogP contribution is -2.49. The molecule has 0 bridgehead atoms. The van der Waals surface area contributed by atoms with Crippen LogP contribution < -0.4 is 0 Å². The van der Waals surface area contributed by atoms with E-state index in [2.05, 4.69) is 0 Å². The van der Waals surface area contributed by atoms with Crippen LogP contribution in [0.1, 0.15) is 33.2 Å². The second kappa shape index (κ2) is 5.99. The molecule has 1 fully saturated rings. The molecule has 24 heavy (non-hydrogen) atoms. The number of carbonyl (C=O) groups is 3. The summed E-state index contributed by atoms with van der Waals surface area (Å²) < 4.78 is 15.9. The van der Waals surface area contributed by atoms with Crippen molar-refractivity contribution in [1.29, 1.82) is 0 Å². The molecule has 7 nitrogen and oxygen atoms in total. The Morgan fingerprint density at radius 2 is 1.88 bits per heavy atom. The molecule has 2 heterocycles. The Balaban J connectivity index is 1.90. The number of amides is 2. The molecule has 1 aromatic carbocycles. The molecule has 0 spiro atoms. The molecule has 3 rings (SSSR count). The lowest BCUT2D eigenvalue weighted by Gasteiger charge is -2.32. The summed E-state index contributed by atoms with van der Waals surface area (Å²) >= 11 is 0. The maximum atomic E-state index is 12.6. The van der Waals surface area contributed by atoms with E-state index in [1.165, 1.54) is 7.11 Å². The molecule has 2 aliphatic rings. The highest BCUT2D eigenvalue weighted by atomic mass is 16.7. The fourth-order valence-corrected chi connectivity index (χ4v) is 3.08. The van der Waals surface area contributed by atoms with Gasteiger partial charge in [-0.2, -0.15) is 0 Å². The number of esters is 1. The van der Waals surface area contributed by atoms with Gasteiger partial charge in [0, 0.05) is 6.54 Å². The number of aryl methyl sites for hydroxylation is 1. The smallest absolute Gasteiger partial charge is 0.315 e. The molecule has 1 saturated heterocycles. The third-order valence-electron chi connectivity index (χ3n) is 4.47. The van der Waals surface area contributed by atoms with Crippen molar-refractivity contribution in [2.75, 3.05) is 26.9 Å². The summed E-state index contributed by atoms with van der Waals surface area (Å²) in [4.78, 5) is 38.4. The van der Waals surface area contributed by atoms with E-state index in [9.17, 15) is 14.4 Å². The molecule has 1 atom stereocenters. The predicted octanol–water partition coefficient (Wildman–Crippen LogP) is 1.14. The molecule has 1 aromatic rings. The normalized spacial score (nSPS) is 20.2. The lowest BCUT2D eigenvalue weighted by molar-refractivity contribution is -0.199. The van der Waals surface area contributed by atoms with Crippen molar-refractivity contribution < 1.29 is 28.6 Å². The Morgan fingerprint density at radius 1 is 1.25 bits per heavy atom. The molecule has 128 valence electrons. The van der Waals surface area contributed by atoms with Gasteiger partial charge in [-0.3, -0.25) is 19.3 Å². The summed E-state index contributed by atoms with van der Waals surface area (Å²) in [6.45, 7) is 3.98. The summed E-state index contributed by atoms with van der Waals surface area (Å²) in [5.74, 6) is -3.58. The molecular weight excluding hydrogens is 314 g/mol. The monoisotopic (exact) mass is 333 g/mol. The molecule has 1 unspecified atom stereocenters. The average Bonchev–Trinajstić information content (AvgIpc) is 3.09. The van der Waals surface area contributed by atoms with E-state index in [4.69, 9.17) is 14.2 Å². The highest BCUT2D eigenvalue weighted by Gasteiger charge is 2.48. The number of hydrogen-bond acceptors (Lipinski definition) is 6. The number of nitrogens with zero attached hydrogens (tertiary/aromatic N) is 1. The van der Waals surface area contributed by atoms with Crippen molar-refractivity contribution >= 4 is 17.8 Å². The first kappa shape index (κ1) is 16.6. The van der Waals surface area contributed by atoms with E-state index in [0.29, 0.717) is 24.3 Å². The van der Waals surface area contributed by atoms with Gasteiger partial charge in [-0.25, -0.2) is 0 Å². The summed E-state index contributed by atoms with van der Waals surface area (Å²) in [5.41, 5.74) is 1.57. The predicted molar refractivity (Wildman–Crippen MR) is 82.4 cm³/mol. The van der Waals surface area contributed by atoms with Gasteiger partial charge in [0.2, 0.25) is 0 Å². The maximum Gasteiger partial charge on any atom is 0.315 e. The number of rotatable bonds is 4. The molecule has 0 saturated carbocycles. The minimum absolute atomic E-state index is 0.158. The van der Waals surface area contributed by atoms with Gasteiger partial charge in [0.15, 0.2) is 5.79 Å². The van der Waals surface area contributed by atoms with Crippen LogP contribution in [0.25, 0.3) is 0 Å². The van der Waals surface area contributed by atoms with Gasteiger partial charge in [-0.1, -0.05) is 11.6 Å². The maximum absolute atomic E-state index is 12.6. The molecule has 0 aromatic heterocycles. The fraction of sp³-hybridized carbons (Fsp3) is 0.471. The Kier molecular flexibility index (Phi) is 4.15. The van der Waals surface area contributed by atoms with Crippen LogP contribution >= 0.6 is 0 Å². The Bertz CT molecular complexity index is 707. The van der Waals surface area contributed by atoms with Gasteiger partial charge in [0.05, 0.1) is 31.5 Å². The molecule has 0 radical (unpaired) electrons. The SMILES string of the molecule is COC(=O)C(CN1C(=O)c2ccc(C)cc2C1=O)C1(C)OCCO1. The van der Waals surface area contributed by atoms with E-state index >= 15 is 0 Å². The summed E-state index contributed by atoms with van der Waals surface area (Å²) in [6.07, 6.45) is 0. The van der Waals surface area contributed by atoms with Crippen molar-refractivity contribution in [2.45, 2.75) is 19.6 Å². The number of carbonyl (C=O) groups excluding carboxylic acids is 3. The highest BCUT2D eigenvalue weighted by Crippen LogP contribution is 2.32. The van der Waals surface area contributed by atoms with Gasteiger partial charge in [0.25, 0.3) is 11.8 Å². The second-order valence-electron chi connectivity index (χ2n) is 6.06. The lowest BCUT2D eigenvalue weighted by atomic mass is 9.99. The van der Waals surface area contributed by atoms with E-state index in [1.807, 2.05) is 6.92 Å². The molecule has 2 amide bonds. The van der Waals surface area contributed by atoms with E-state index in [0.717, 1.165) is 10.5 Å². The number of methoxy groups -OCH3 is 1. The largest absolute Gasteiger partial charge is 0.469 e. The number of imide groups is 1. The Labute approximate surface area is 139 Å². The first-order valence-corrected chi connectivity index (χ1v) is 7.70. The van der Waals surface area contributed by atoms with Crippen LogP contribution in [0.3, 0.4) is 0 Å². The van der Waals surface area contributed by atoms with Crippen LogP contribution in [-0.2, 0) is 19.0 Å². The summed E-state index contributed by atoms with van der Waals surface area (Å²) in [7, 11) is 1.25. The first-order valence-electron chi connectivity index (χ1n) is 7.70. The molecule has 0 N–H and O–H groups in total. The molecule has 0 aliphatic carbocycles. The molecule has 7 heteroatoms. The second-order valence-corrected chi connectivity index (χ2v) is 6.06. The van der Waals surface area contributed by atoms with Crippen molar-refractivity contribution in [3.05, 3.63) is 34.9 Å². The minimum atomic E-state index is -1.22. The standard InChI is InChI=1S/C17H19NO6/c1-10-4-5-11-12(8-10)15(20)18(14(11)19)9-13(16(21)22-3)17(2)23-6-7-24-17/h4-5,8,13H,6-7,9H2,1-3H3. The third kappa shape index (κ3) is 2.59. The van der Waals surface area contributed by atoms with E-state index in [-0.39, 0.29) is 6.54 Å². The first-order chi connectivity index (χ1) is 11.4. The highest BCUT2D eigenvalue weighted by molar-refractivity contribution is 6.21. The molecule has 2 aliphatic heterocycles. The van der Waals surface area contributed by atoms with Gasteiger partial charge < -0.3 is 14.2 Å². The average molecular weight is 333 g/mol. The van der Waals surface area contributed by atoms with E-state index < -0.39 is 29.5 Å². The van der Waals surface area contributed by atoms with Crippen LogP contribution in [0.2, 0.25) is 0 Å². The fourth-order valence-electron chi connectivity index (χ4n) is 3.08. The van der Waals surface area contributed by atoms with Crippen molar-refractivity contribution in [2.24, 2.45) is 5.92 Å². The van der Waals surface area contributed by atoms with Crippen LogP contribution in [-0.4, -0.2) is 55.3 Å². The minimum Gasteiger partial charge on any atom is -0.469 e. The van der Waals surface area contributed by atoms with Gasteiger partial charge >= 0.3 is 5.97 Å². The zero-order valence-electron chi connectivity index (χ0n) is 13.8. The summed E-state index contributed by atoms with van der Waals surface area (Å²) in [5, 5.41) is 0. The van der Waals surface area contributed by atoms with Gasteiger partial charge in [0.1, 0.15) is 5.92 Å². The van der Waals surface area contributed by atoms with Crippen LogP contribution in [0.4, 0.5) is 0 Å². The number of hydrogen-bond donors (Lipinski definition) is 0.